The summed E-state index contributed by atoms with van der Waals surface area (Å²) in [5, 5.41) is 0. The van der Waals surface area contributed by atoms with Gasteiger partial charge in [-0.05, 0) is 37.0 Å². The van der Waals surface area contributed by atoms with Crippen molar-refractivity contribution in [1.29, 1.82) is 0 Å². The molecule has 152 valence electrons. The predicted octanol–water partition coefficient (Wildman–Crippen LogP) is 3.77. The summed E-state index contributed by atoms with van der Waals surface area (Å²) in [7, 11) is -3.61. The second-order valence-electron chi connectivity index (χ2n) is 7.21. The van der Waals surface area contributed by atoms with Crippen molar-refractivity contribution in [1.82, 2.24) is 0 Å². The monoisotopic (exact) mass is 406 g/mol. The largest absolute Gasteiger partial charge is 1.00 e. The van der Waals surface area contributed by atoms with E-state index in [1.807, 2.05) is 12.1 Å². The van der Waals surface area contributed by atoms with Gasteiger partial charge >= 0.3 is 29.6 Å². The van der Waals surface area contributed by atoms with Gasteiger partial charge in [0.05, 0.1) is 11.5 Å². The van der Waals surface area contributed by atoms with E-state index in [2.05, 4.69) is 13.8 Å². The van der Waals surface area contributed by atoms with Crippen LogP contribution in [0.1, 0.15) is 97.9 Å². The summed E-state index contributed by atoms with van der Waals surface area (Å²) in [6.45, 7) is 4.70. The van der Waals surface area contributed by atoms with E-state index >= 15 is 0 Å². The fourth-order valence-electron chi connectivity index (χ4n) is 3.05. The third-order valence-electron chi connectivity index (χ3n) is 4.77. The quantitative estimate of drug-likeness (QED) is 0.238. The van der Waals surface area contributed by atoms with Gasteiger partial charge in [0.25, 0.3) is 10.1 Å². The van der Waals surface area contributed by atoms with Crippen LogP contribution >= 0.6 is 0 Å². The molecular formula is C22H39NaO3S. The minimum atomic E-state index is -3.61. The average molecular weight is 407 g/mol. The molecule has 0 saturated heterocycles. The Labute approximate surface area is 191 Å². The Morgan fingerprint density at radius 3 is 1.78 bits per heavy atom. The molecule has 0 aliphatic heterocycles. The fraction of sp³-hybridized carbons (Fsp3) is 0.727. The average Bonchev–Trinajstić information content (AvgIpc) is 2.64. The van der Waals surface area contributed by atoms with Gasteiger partial charge in [-0.1, -0.05) is 90.2 Å². The maximum Gasteiger partial charge on any atom is 1.00 e. The number of aryl methyl sites for hydroxylation is 1. The van der Waals surface area contributed by atoms with Gasteiger partial charge in [-0.25, -0.2) is 0 Å². The van der Waals surface area contributed by atoms with Crippen molar-refractivity contribution >= 4 is 10.1 Å². The van der Waals surface area contributed by atoms with Crippen molar-refractivity contribution in [3.05, 3.63) is 29.8 Å². The Morgan fingerprint density at radius 2 is 1.22 bits per heavy atom. The van der Waals surface area contributed by atoms with Crippen molar-refractivity contribution in [2.45, 2.75) is 102 Å². The van der Waals surface area contributed by atoms with Crippen molar-refractivity contribution in [2.24, 2.45) is 0 Å². The Bertz CT molecular complexity index is 562. The molecule has 1 rings (SSSR count). The van der Waals surface area contributed by atoms with Crippen LogP contribution < -0.4 is 29.6 Å². The molecule has 0 radical (unpaired) electrons. The standard InChI is InChI=1S/C22H38O3S.Na.H/c1-3-5-7-9-11-13-15-21-16-18-22(19-17-21)26(23,24)25-20-14-12-10-8-6-4-2;;/h16-19H,3-15,20H2,1-2H3;;/q;+1;-1. The molecule has 0 aliphatic rings. The molecule has 27 heavy (non-hydrogen) atoms. The van der Waals surface area contributed by atoms with Crippen LogP contribution in [0.4, 0.5) is 0 Å². The van der Waals surface area contributed by atoms with E-state index in [9.17, 15) is 8.42 Å². The van der Waals surface area contributed by atoms with Crippen LogP contribution in [-0.2, 0) is 20.7 Å². The maximum absolute atomic E-state index is 12.2. The molecule has 0 aliphatic carbocycles. The first-order valence-corrected chi connectivity index (χ1v) is 12.0. The molecule has 0 heterocycles. The minimum absolute atomic E-state index is 0. The molecule has 0 bridgehead atoms. The molecule has 1 aromatic carbocycles. The molecular weight excluding hydrogens is 367 g/mol. The topological polar surface area (TPSA) is 43.4 Å². The van der Waals surface area contributed by atoms with Gasteiger partial charge < -0.3 is 1.43 Å². The van der Waals surface area contributed by atoms with Crippen LogP contribution in [0.5, 0.6) is 0 Å². The van der Waals surface area contributed by atoms with E-state index in [-0.39, 0.29) is 42.5 Å². The normalized spacial score (nSPS) is 11.3. The van der Waals surface area contributed by atoms with Crippen molar-refractivity contribution in [2.75, 3.05) is 6.61 Å². The van der Waals surface area contributed by atoms with Crippen LogP contribution in [-0.4, -0.2) is 15.0 Å². The van der Waals surface area contributed by atoms with Crippen LogP contribution in [0.2, 0.25) is 0 Å². The second-order valence-corrected chi connectivity index (χ2v) is 8.82. The smallest absolute Gasteiger partial charge is 1.00 e. The first kappa shape index (κ1) is 27.1. The predicted molar refractivity (Wildman–Crippen MR) is 111 cm³/mol. The van der Waals surface area contributed by atoms with Gasteiger partial charge in [-0.2, -0.15) is 8.42 Å². The van der Waals surface area contributed by atoms with Crippen molar-refractivity contribution in [3.63, 3.8) is 0 Å². The summed E-state index contributed by atoms with van der Waals surface area (Å²) in [5.74, 6) is 0. The summed E-state index contributed by atoms with van der Waals surface area (Å²) < 4.78 is 29.6. The summed E-state index contributed by atoms with van der Waals surface area (Å²) in [4.78, 5) is 0.273. The van der Waals surface area contributed by atoms with Gasteiger partial charge in [0.15, 0.2) is 0 Å². The van der Waals surface area contributed by atoms with Crippen LogP contribution in [0.15, 0.2) is 29.2 Å². The molecule has 0 N–H and O–H groups in total. The number of unbranched alkanes of at least 4 members (excludes halogenated alkanes) is 10. The zero-order valence-corrected chi connectivity index (χ0v) is 20.7. The Balaban J connectivity index is 0. The maximum atomic E-state index is 12.2. The molecule has 0 amide bonds. The van der Waals surface area contributed by atoms with Gasteiger partial charge in [-0.15, -0.1) is 0 Å². The van der Waals surface area contributed by atoms with Gasteiger partial charge in [-0.3, -0.25) is 4.18 Å². The van der Waals surface area contributed by atoms with E-state index in [4.69, 9.17) is 4.18 Å². The molecule has 1 aromatic rings. The van der Waals surface area contributed by atoms with Gasteiger partial charge in [0, 0.05) is 0 Å². The Morgan fingerprint density at radius 1 is 0.741 bits per heavy atom. The molecule has 5 heteroatoms. The summed E-state index contributed by atoms with van der Waals surface area (Å²) >= 11 is 0. The molecule has 0 atom stereocenters. The second kappa shape index (κ2) is 17.0. The molecule has 0 fully saturated rings. The van der Waals surface area contributed by atoms with Crippen LogP contribution in [0.25, 0.3) is 0 Å². The summed E-state index contributed by atoms with van der Waals surface area (Å²) in [6.07, 6.45) is 15.4. The number of hydrogen-bond acceptors (Lipinski definition) is 3. The molecule has 0 aromatic heterocycles. The van der Waals surface area contributed by atoms with E-state index in [0.717, 1.165) is 25.7 Å². The van der Waals surface area contributed by atoms with Gasteiger partial charge in [0.2, 0.25) is 0 Å². The minimum Gasteiger partial charge on any atom is -1.00 e. The third-order valence-corrected chi connectivity index (χ3v) is 6.09. The van der Waals surface area contributed by atoms with E-state index in [1.165, 1.54) is 63.4 Å². The Kier molecular flexibility index (Phi) is 17.1. The first-order valence-electron chi connectivity index (χ1n) is 10.6. The summed E-state index contributed by atoms with van der Waals surface area (Å²) in [6, 6.07) is 7.21. The molecule has 3 nitrogen and oxygen atoms in total. The van der Waals surface area contributed by atoms with Gasteiger partial charge in [0.1, 0.15) is 0 Å². The van der Waals surface area contributed by atoms with Crippen LogP contribution in [0.3, 0.4) is 0 Å². The van der Waals surface area contributed by atoms with Crippen molar-refractivity contribution in [3.8, 4) is 0 Å². The van der Waals surface area contributed by atoms with Crippen molar-refractivity contribution < 1.29 is 43.6 Å². The Hall–Kier alpha value is 0.130. The number of hydrogen-bond donors (Lipinski definition) is 0. The van der Waals surface area contributed by atoms with E-state index in [0.29, 0.717) is 0 Å². The van der Waals surface area contributed by atoms with E-state index in [1.54, 1.807) is 12.1 Å². The first-order chi connectivity index (χ1) is 12.6. The van der Waals surface area contributed by atoms with E-state index < -0.39 is 10.1 Å². The third kappa shape index (κ3) is 13.1. The number of rotatable bonds is 16. The summed E-state index contributed by atoms with van der Waals surface area (Å²) in [5.41, 5.74) is 1.20. The molecule has 0 unspecified atom stereocenters. The fourth-order valence-corrected chi connectivity index (χ4v) is 3.99. The zero-order valence-electron chi connectivity index (χ0n) is 18.8. The molecule has 0 spiro atoms. The SMILES string of the molecule is CCCCCCCCOS(=O)(=O)c1ccc(CCCCCCCC)cc1.[H-].[Na+]. The molecule has 0 saturated carbocycles. The van der Waals surface area contributed by atoms with Crippen LogP contribution in [0, 0.1) is 0 Å². The number of benzene rings is 1. The zero-order chi connectivity index (χ0) is 19.1.